The van der Waals surface area contributed by atoms with Gasteiger partial charge in [-0.1, -0.05) is 23.9 Å². The maximum atomic E-state index is 9.18. The lowest BCUT2D eigenvalue weighted by molar-refractivity contribution is 0.234. The predicted molar refractivity (Wildman–Crippen MR) is 70.4 cm³/mol. The summed E-state index contributed by atoms with van der Waals surface area (Å²) in [6.45, 7) is 0. The highest BCUT2D eigenvalue weighted by molar-refractivity contribution is 7.99. The average Bonchev–Trinajstić information content (AvgIpc) is 2.41. The van der Waals surface area contributed by atoms with E-state index in [-0.39, 0.29) is 11.6 Å². The number of benzene rings is 2. The van der Waals surface area contributed by atoms with Gasteiger partial charge in [0.15, 0.2) is 0 Å². The van der Waals surface area contributed by atoms with Crippen LogP contribution in [0.4, 0.5) is 0 Å². The van der Waals surface area contributed by atoms with Gasteiger partial charge in [0.2, 0.25) is 0 Å². The van der Waals surface area contributed by atoms with Crippen molar-refractivity contribution in [2.45, 2.75) is 9.79 Å². The molecule has 0 aliphatic rings. The molecule has 0 aliphatic heterocycles. The van der Waals surface area contributed by atoms with E-state index in [0.717, 1.165) is 9.79 Å². The average molecular weight is 260 g/mol. The van der Waals surface area contributed by atoms with Crippen LogP contribution in [-0.2, 0) is 0 Å². The van der Waals surface area contributed by atoms with Gasteiger partial charge in [-0.05, 0) is 36.4 Å². The van der Waals surface area contributed by atoms with Crippen molar-refractivity contribution in [1.29, 1.82) is 5.41 Å². The van der Waals surface area contributed by atoms with Crippen molar-refractivity contribution >= 4 is 17.6 Å². The van der Waals surface area contributed by atoms with Crippen molar-refractivity contribution in [1.82, 2.24) is 5.48 Å². The van der Waals surface area contributed by atoms with Gasteiger partial charge >= 0.3 is 0 Å². The molecule has 0 unspecified atom stereocenters. The SMILES string of the molecule is N=C(NO)c1ccc(Sc2ccc(O)cc2)cc1. The molecule has 5 heteroatoms. The molecular weight excluding hydrogens is 248 g/mol. The molecule has 0 spiro atoms. The Kier molecular flexibility index (Phi) is 3.86. The van der Waals surface area contributed by atoms with Crippen molar-refractivity contribution in [2.75, 3.05) is 0 Å². The number of hydroxylamine groups is 1. The zero-order valence-corrected chi connectivity index (χ0v) is 10.2. The van der Waals surface area contributed by atoms with Crippen LogP contribution in [0.3, 0.4) is 0 Å². The molecule has 0 amide bonds. The van der Waals surface area contributed by atoms with Crippen LogP contribution in [0.2, 0.25) is 0 Å². The van der Waals surface area contributed by atoms with Gasteiger partial charge in [-0.25, -0.2) is 0 Å². The zero-order valence-electron chi connectivity index (χ0n) is 9.42. The first-order valence-corrected chi connectivity index (χ1v) is 6.06. The number of hydrogen-bond donors (Lipinski definition) is 4. The molecule has 92 valence electrons. The van der Waals surface area contributed by atoms with Crippen molar-refractivity contribution < 1.29 is 10.3 Å². The Hall–Kier alpha value is -1.98. The molecule has 18 heavy (non-hydrogen) atoms. The van der Waals surface area contributed by atoms with E-state index in [4.69, 9.17) is 10.6 Å². The number of nitrogens with one attached hydrogen (secondary N) is 2. The smallest absolute Gasteiger partial charge is 0.149 e. The quantitative estimate of drug-likeness (QED) is 0.389. The molecule has 0 saturated heterocycles. The third kappa shape index (κ3) is 3.03. The molecule has 2 aromatic rings. The Balaban J connectivity index is 2.10. The molecule has 4 N–H and O–H groups in total. The minimum absolute atomic E-state index is 0.0313. The lowest BCUT2D eigenvalue weighted by Gasteiger charge is -2.04. The van der Waals surface area contributed by atoms with Crippen molar-refractivity contribution in [3.63, 3.8) is 0 Å². The van der Waals surface area contributed by atoms with Gasteiger partial charge in [-0.2, -0.15) is 0 Å². The number of phenolic OH excluding ortho intramolecular Hbond substituents is 1. The summed E-state index contributed by atoms with van der Waals surface area (Å²) in [4.78, 5) is 2.05. The van der Waals surface area contributed by atoms with E-state index in [1.165, 1.54) is 0 Å². The third-order valence-electron chi connectivity index (χ3n) is 2.33. The van der Waals surface area contributed by atoms with E-state index in [0.29, 0.717) is 5.56 Å². The summed E-state index contributed by atoms with van der Waals surface area (Å²) in [5, 5.41) is 25.2. The van der Waals surface area contributed by atoms with Crippen molar-refractivity contribution in [3.05, 3.63) is 54.1 Å². The summed E-state index contributed by atoms with van der Waals surface area (Å²) in [7, 11) is 0. The first-order chi connectivity index (χ1) is 8.69. The summed E-state index contributed by atoms with van der Waals surface area (Å²) in [5.74, 6) is 0.216. The highest BCUT2D eigenvalue weighted by Crippen LogP contribution is 2.28. The van der Waals surface area contributed by atoms with Gasteiger partial charge in [0.05, 0.1) is 0 Å². The van der Waals surface area contributed by atoms with Crippen LogP contribution in [0, 0.1) is 5.41 Å². The Morgan fingerprint density at radius 1 is 0.944 bits per heavy atom. The van der Waals surface area contributed by atoms with Crippen LogP contribution in [0.25, 0.3) is 0 Å². The molecule has 0 aromatic heterocycles. The number of hydrogen-bond acceptors (Lipinski definition) is 4. The molecule has 2 aromatic carbocycles. The summed E-state index contributed by atoms with van der Waals surface area (Å²) in [6, 6.07) is 14.2. The molecule has 0 bridgehead atoms. The van der Waals surface area contributed by atoms with Gasteiger partial charge in [-0.3, -0.25) is 16.1 Å². The molecule has 2 rings (SSSR count). The lowest BCUT2D eigenvalue weighted by atomic mass is 10.2. The van der Waals surface area contributed by atoms with Crippen LogP contribution in [0.1, 0.15) is 5.56 Å². The Labute approximate surface area is 109 Å². The third-order valence-corrected chi connectivity index (χ3v) is 3.34. The number of amidine groups is 1. The minimum Gasteiger partial charge on any atom is -0.508 e. The first kappa shape index (κ1) is 12.5. The number of aromatic hydroxyl groups is 1. The maximum Gasteiger partial charge on any atom is 0.149 e. The first-order valence-electron chi connectivity index (χ1n) is 5.25. The Bertz CT molecular complexity index is 538. The van der Waals surface area contributed by atoms with Crippen LogP contribution >= 0.6 is 11.8 Å². The normalized spacial score (nSPS) is 10.1. The summed E-state index contributed by atoms with van der Waals surface area (Å²) in [6.07, 6.45) is 0. The molecular formula is C13H12N2O2S. The number of rotatable bonds is 3. The van der Waals surface area contributed by atoms with E-state index < -0.39 is 0 Å². The monoisotopic (exact) mass is 260 g/mol. The highest BCUT2D eigenvalue weighted by Gasteiger charge is 2.01. The van der Waals surface area contributed by atoms with Gasteiger partial charge < -0.3 is 5.11 Å². The van der Waals surface area contributed by atoms with Crippen LogP contribution in [0.15, 0.2) is 58.3 Å². The van der Waals surface area contributed by atoms with E-state index in [1.54, 1.807) is 41.5 Å². The highest BCUT2D eigenvalue weighted by atomic mass is 32.2. The van der Waals surface area contributed by atoms with Gasteiger partial charge in [0.1, 0.15) is 11.6 Å². The lowest BCUT2D eigenvalue weighted by Crippen LogP contribution is -2.18. The summed E-state index contributed by atoms with van der Waals surface area (Å²) < 4.78 is 0. The maximum absolute atomic E-state index is 9.18. The number of phenols is 1. The second-order valence-electron chi connectivity index (χ2n) is 3.61. The predicted octanol–water partition coefficient (Wildman–Crippen LogP) is 2.85. The topological polar surface area (TPSA) is 76.3 Å². The van der Waals surface area contributed by atoms with Crippen LogP contribution in [0.5, 0.6) is 5.75 Å². The summed E-state index contributed by atoms with van der Waals surface area (Å²) >= 11 is 1.56. The molecule has 0 saturated carbocycles. The fourth-order valence-electron chi connectivity index (χ4n) is 1.40. The second kappa shape index (κ2) is 5.57. The summed E-state index contributed by atoms with van der Waals surface area (Å²) in [5.41, 5.74) is 2.42. The minimum atomic E-state index is -0.0313. The van der Waals surface area contributed by atoms with Crippen molar-refractivity contribution in [2.24, 2.45) is 0 Å². The second-order valence-corrected chi connectivity index (χ2v) is 4.75. The Morgan fingerprint density at radius 2 is 1.44 bits per heavy atom. The zero-order chi connectivity index (χ0) is 13.0. The van der Waals surface area contributed by atoms with Crippen LogP contribution in [-0.4, -0.2) is 16.1 Å². The molecule has 0 radical (unpaired) electrons. The van der Waals surface area contributed by atoms with Crippen LogP contribution < -0.4 is 5.48 Å². The van der Waals surface area contributed by atoms with Gasteiger partial charge in [0.25, 0.3) is 0 Å². The molecule has 0 fully saturated rings. The standard InChI is InChI=1S/C13H12N2O2S/c14-13(15-17)9-1-5-11(6-2-9)18-12-7-3-10(16)4-8-12/h1-8,16-17H,(H2,14,15). The van der Waals surface area contributed by atoms with Gasteiger partial charge in [-0.15, -0.1) is 0 Å². The van der Waals surface area contributed by atoms with E-state index in [9.17, 15) is 5.11 Å². The molecule has 0 heterocycles. The molecule has 0 aliphatic carbocycles. The van der Waals surface area contributed by atoms with E-state index in [2.05, 4.69) is 0 Å². The largest absolute Gasteiger partial charge is 0.508 e. The van der Waals surface area contributed by atoms with Gasteiger partial charge in [0, 0.05) is 15.4 Å². The fraction of sp³-hybridized carbons (Fsp3) is 0. The fourth-order valence-corrected chi connectivity index (χ4v) is 2.22. The molecule has 0 atom stereocenters. The van der Waals surface area contributed by atoms with E-state index >= 15 is 0 Å². The molecule has 4 nitrogen and oxygen atoms in total. The van der Waals surface area contributed by atoms with E-state index in [1.807, 2.05) is 24.3 Å². The van der Waals surface area contributed by atoms with Crippen molar-refractivity contribution in [3.8, 4) is 5.75 Å². The Morgan fingerprint density at radius 3 is 1.94 bits per heavy atom.